The molecule has 4 saturated carbocycles. The van der Waals surface area contributed by atoms with E-state index in [1.807, 2.05) is 70.2 Å². The van der Waals surface area contributed by atoms with Gasteiger partial charge in [-0.05, 0) is 190 Å². The fourth-order valence-corrected chi connectivity index (χ4v) is 14.1. The lowest BCUT2D eigenvalue weighted by atomic mass is 9.95. The molecule has 29 nitrogen and oxygen atoms in total. The molecule has 0 amide bonds. The summed E-state index contributed by atoms with van der Waals surface area (Å²) in [6, 6.07) is 30.2. The van der Waals surface area contributed by atoms with Crippen LogP contribution in [0.5, 0.6) is 17.2 Å². The van der Waals surface area contributed by atoms with Gasteiger partial charge in [-0.3, -0.25) is 9.97 Å². The third-order valence-electron chi connectivity index (χ3n) is 20.1. The van der Waals surface area contributed by atoms with Crippen molar-refractivity contribution in [2.75, 3.05) is 59.0 Å². The van der Waals surface area contributed by atoms with E-state index in [1.165, 1.54) is 118 Å². The summed E-state index contributed by atoms with van der Waals surface area (Å²) < 4.78 is 43.5. The monoisotopic (exact) mass is 1570 g/mol. The van der Waals surface area contributed by atoms with Crippen LogP contribution in [0.3, 0.4) is 0 Å². The number of carboxylic acids is 1. The number of fused-ring (bicyclic) bond motifs is 2. The van der Waals surface area contributed by atoms with Gasteiger partial charge >= 0.3 is 29.8 Å². The van der Waals surface area contributed by atoms with E-state index in [2.05, 4.69) is 73.9 Å². The zero-order chi connectivity index (χ0) is 82.5. The van der Waals surface area contributed by atoms with Crippen molar-refractivity contribution < 1.29 is 71.4 Å². The third-order valence-corrected chi connectivity index (χ3v) is 20.1. The molecule has 610 valence electrons. The second kappa shape index (κ2) is 43.1. The quantitative estimate of drug-likeness (QED) is 0.0470. The number of imidazole rings is 2. The molecule has 11 heterocycles. The van der Waals surface area contributed by atoms with Gasteiger partial charge in [0, 0.05) is 35.6 Å². The number of aromatic hydroxyl groups is 1. The van der Waals surface area contributed by atoms with Crippen LogP contribution in [-0.4, -0.2) is 149 Å². The second-order valence-electron chi connectivity index (χ2n) is 28.3. The lowest BCUT2D eigenvalue weighted by molar-refractivity contribution is 0.0585. The van der Waals surface area contributed by atoms with Crippen LogP contribution in [0.15, 0.2) is 131 Å². The lowest BCUT2D eigenvalue weighted by Gasteiger charge is -2.25. The number of hydrogen-bond acceptors (Lipinski definition) is 26. The molecule has 11 aromatic heterocycles. The first kappa shape index (κ1) is 86.7. The Morgan fingerprint density at radius 2 is 0.765 bits per heavy atom. The van der Waals surface area contributed by atoms with Crippen molar-refractivity contribution in [2.24, 2.45) is 0 Å². The zero-order valence-corrected chi connectivity index (χ0v) is 67.7. The van der Waals surface area contributed by atoms with Crippen molar-refractivity contribution in [1.29, 1.82) is 0 Å². The van der Waals surface area contributed by atoms with E-state index in [1.54, 1.807) is 108 Å². The minimum Gasteiger partial charge on any atom is -0.506 e. The van der Waals surface area contributed by atoms with Crippen molar-refractivity contribution in [3.05, 3.63) is 185 Å². The van der Waals surface area contributed by atoms with Gasteiger partial charge in [0.15, 0.2) is 28.4 Å². The van der Waals surface area contributed by atoms with E-state index >= 15 is 0 Å². The van der Waals surface area contributed by atoms with Crippen molar-refractivity contribution in [2.45, 2.75) is 194 Å². The molecule has 115 heavy (non-hydrogen) atoms. The highest BCUT2D eigenvalue weighted by Crippen LogP contribution is 2.38. The largest absolute Gasteiger partial charge is 0.506 e. The summed E-state index contributed by atoms with van der Waals surface area (Å²) in [5.41, 5.74) is 18.7. The topological polar surface area (TPSA) is 383 Å². The molecule has 0 saturated heterocycles. The Morgan fingerprint density at radius 1 is 0.400 bits per heavy atom. The average molecular weight is 1580 g/mol. The van der Waals surface area contributed by atoms with Gasteiger partial charge in [0.2, 0.25) is 0 Å². The summed E-state index contributed by atoms with van der Waals surface area (Å²) >= 11 is 0. The van der Waals surface area contributed by atoms with Gasteiger partial charge in [-0.15, -0.1) is 0 Å². The number of aromatic carboxylic acids is 1. The molecule has 11 aromatic rings. The van der Waals surface area contributed by atoms with Crippen LogP contribution in [0.2, 0.25) is 0 Å². The summed E-state index contributed by atoms with van der Waals surface area (Å²) in [6.07, 6.45) is 31.1. The molecule has 15 rings (SSSR count). The molecule has 0 atom stereocenters. The van der Waals surface area contributed by atoms with Crippen molar-refractivity contribution in [3.63, 3.8) is 0 Å². The molecule has 0 radical (unpaired) electrons. The smallest absolute Gasteiger partial charge is 0.356 e. The van der Waals surface area contributed by atoms with Gasteiger partial charge in [0.1, 0.15) is 58.6 Å². The fourth-order valence-electron chi connectivity index (χ4n) is 14.1. The normalized spacial score (nSPS) is 14.2. The number of anilines is 3. The minimum absolute atomic E-state index is 0.0181. The number of hydrogen-bond donors (Lipinski definition) is 5. The number of esters is 4. The molecule has 4 fully saturated rings. The maximum Gasteiger partial charge on any atom is 0.356 e. The fraction of sp³-hybridized carbons (Fsp3) is 0.419. The number of aryl methyl sites for hydroxylation is 6. The molecule has 0 bridgehead atoms. The molecule has 0 aliphatic heterocycles. The molecule has 6 N–H and O–H groups in total. The number of pyridine rings is 7. The van der Waals surface area contributed by atoms with Gasteiger partial charge in [0.05, 0.1) is 111 Å². The maximum absolute atomic E-state index is 11.7. The number of rotatable bonds is 15. The average Bonchev–Trinajstić information content (AvgIpc) is 1.62. The van der Waals surface area contributed by atoms with Crippen LogP contribution in [0, 0.1) is 41.5 Å². The van der Waals surface area contributed by atoms with Crippen LogP contribution in [0.4, 0.5) is 17.2 Å². The van der Waals surface area contributed by atoms with Gasteiger partial charge < -0.3 is 73.0 Å². The summed E-state index contributed by atoms with van der Waals surface area (Å²) in [6.45, 7) is 11.3. The summed E-state index contributed by atoms with van der Waals surface area (Å²) in [5.74, 6) is 0.995. The first-order valence-corrected chi connectivity index (χ1v) is 38.8. The van der Waals surface area contributed by atoms with Crippen LogP contribution in [0.1, 0.15) is 227 Å². The number of methoxy groups -OCH3 is 6. The molecule has 4 aliphatic rings. The number of ether oxygens (including phenoxy) is 6. The number of nitrogens with one attached hydrogen (secondary N) is 2. The van der Waals surface area contributed by atoms with Crippen molar-refractivity contribution >= 4 is 69.4 Å². The number of aromatic nitrogens is 11. The van der Waals surface area contributed by atoms with E-state index < -0.39 is 23.9 Å². The number of nitrogens with zero attached hydrogens (tertiary/aromatic N) is 11. The zero-order valence-electron chi connectivity index (χ0n) is 67.7. The second-order valence-corrected chi connectivity index (χ2v) is 28.3. The van der Waals surface area contributed by atoms with E-state index in [0.717, 1.165) is 112 Å². The lowest BCUT2D eigenvalue weighted by Crippen LogP contribution is -2.23. The van der Waals surface area contributed by atoms with Gasteiger partial charge in [-0.25, -0.2) is 58.9 Å². The summed E-state index contributed by atoms with van der Waals surface area (Å²) in [5, 5.41) is 25.0. The van der Waals surface area contributed by atoms with E-state index in [9.17, 15) is 24.0 Å². The first-order chi connectivity index (χ1) is 55.5. The van der Waals surface area contributed by atoms with Crippen molar-refractivity contribution in [3.8, 4) is 40.0 Å². The Balaban J connectivity index is 0.000000157. The molecular formula is C86H106N14O15. The molecule has 0 spiro atoms. The van der Waals surface area contributed by atoms with E-state index in [0.29, 0.717) is 69.8 Å². The highest BCUT2D eigenvalue weighted by molar-refractivity contribution is 5.92. The number of carboxylic acid groups (broad SMARTS) is 1. The highest BCUT2D eigenvalue weighted by atomic mass is 16.5. The minimum atomic E-state index is -1.04. The molecule has 0 aromatic carbocycles. The number of nitrogen functional groups attached to an aromatic ring is 1. The number of carbonyl (C=O) groups excluding carboxylic acids is 4. The van der Waals surface area contributed by atoms with Gasteiger partial charge in [0.25, 0.3) is 0 Å². The van der Waals surface area contributed by atoms with E-state index in [-0.39, 0.29) is 28.8 Å². The number of carbonyl (C=O) groups is 5. The predicted molar refractivity (Wildman–Crippen MR) is 437 cm³/mol. The maximum atomic E-state index is 11.7. The molecular weight excluding hydrogens is 1470 g/mol. The number of furan rings is 2. The Bertz CT molecular complexity index is 4920. The SMILES string of the molecule is COC(=O)c1ccc(NC2CCCCC2)c(C)n1.COC(=O)c1ccc(NC2CCCCC2)c(N)n1.COC(=O)c1ccc(OC)c(C)n1.COC(=O)c1ccc2c(n1)nc(-c1ccoc1)n2C1CCCCC1.COc1ccc(C)nc1C.Cc1ccc(O)c(C)n1.O=C(O)c1ccc2c(n1)nc(-c1ccoc1)n2C1CCCCC1. The van der Waals surface area contributed by atoms with Gasteiger partial charge in [-0.1, -0.05) is 77.0 Å². The van der Waals surface area contributed by atoms with Crippen LogP contribution < -0.4 is 25.8 Å². The Labute approximate surface area is 669 Å². The van der Waals surface area contributed by atoms with Crippen molar-refractivity contribution in [1.82, 2.24) is 54.0 Å². The Morgan fingerprint density at radius 3 is 1.16 bits per heavy atom. The van der Waals surface area contributed by atoms with Gasteiger partial charge in [-0.2, -0.15) is 0 Å². The molecule has 4 aliphatic carbocycles. The standard InChI is InChI=1S/C18H19N3O3.C17H17N3O3.C14H20N2O2.C13H19N3O2.C9H11NO3.C8H11NO.C7H9NO/c1-23-18(22)14-7-8-15-16(19-14)20-17(12-9-10-24-11-12)21(15)13-5-3-2-4-6-13;21-17(22)13-6-7-14-15(18-13)19-16(11-8-9-23-10-11)20(14)12-4-2-1-3-5-12;1-10-12(16-11-6-4-3-5-7-11)8-9-13(15-10)14(17)18-2;1-18-13(17)11-8-7-10(12(14)16-11)15-9-5-3-2-4-6-9;1-6-8(12-2)5-4-7(10-6)9(11)13-3;1-6-4-5-8(10-3)7(2)9-6;1-5-3-4-7(9)6(2)8-5/h7-11,13H,2-6H2,1H3;6-10,12H,1-5H2,(H,21,22);8-9,11,16H,3-7H2,1-2H3;7-9,15H,2-6H2,1H3,(H2,14,16);4-5H,1-3H3;4-5H,1-3H3;3-4,9H,1-2H3. The molecule has 29 heteroatoms. The molecule has 0 unspecified atom stereocenters. The van der Waals surface area contributed by atoms with Crippen LogP contribution in [0.25, 0.3) is 45.1 Å². The highest BCUT2D eigenvalue weighted by Gasteiger charge is 2.27. The predicted octanol–water partition coefficient (Wildman–Crippen LogP) is 17.3. The van der Waals surface area contributed by atoms with E-state index in [4.69, 9.17) is 44.0 Å². The summed E-state index contributed by atoms with van der Waals surface area (Å²) in [4.78, 5) is 95.1. The Hall–Kier alpha value is -12.3. The van der Waals surface area contributed by atoms with Crippen LogP contribution >= 0.6 is 0 Å². The van der Waals surface area contributed by atoms with Crippen LogP contribution in [-0.2, 0) is 18.9 Å². The first-order valence-electron chi connectivity index (χ1n) is 38.8. The Kier molecular flexibility index (Phi) is 32.5. The number of nitrogens with two attached hydrogens (primary N) is 1. The summed E-state index contributed by atoms with van der Waals surface area (Å²) in [7, 11) is 8.58. The third kappa shape index (κ3) is 24.1.